The smallest absolute Gasteiger partial charge is 0.229 e. The second-order valence-corrected chi connectivity index (χ2v) is 6.65. The van der Waals surface area contributed by atoms with Crippen LogP contribution in [-0.4, -0.2) is 45.9 Å². The van der Waals surface area contributed by atoms with Gasteiger partial charge in [0.15, 0.2) is 11.4 Å². The SMILES string of the molecule is c1coc(-c2nc(N3CCOCC3)nc3cc(-c4cccs4)nn23)c1. The van der Waals surface area contributed by atoms with Crippen LogP contribution in [0.4, 0.5) is 5.95 Å². The Morgan fingerprint density at radius 2 is 2.00 bits per heavy atom. The standard InChI is InChI=1S/C17H15N5O2S/c1-3-13(24-7-1)16-19-17(21-5-8-23-9-6-21)18-15-11-12(20-22(15)16)14-4-2-10-25-14/h1-4,7,10-11H,5-6,8-9H2. The van der Waals surface area contributed by atoms with Gasteiger partial charge in [-0.05, 0) is 23.6 Å². The lowest BCUT2D eigenvalue weighted by atomic mass is 10.3. The van der Waals surface area contributed by atoms with E-state index in [0.29, 0.717) is 30.7 Å². The van der Waals surface area contributed by atoms with Gasteiger partial charge in [0, 0.05) is 19.2 Å². The molecule has 25 heavy (non-hydrogen) atoms. The van der Waals surface area contributed by atoms with E-state index in [1.165, 1.54) is 0 Å². The van der Waals surface area contributed by atoms with Gasteiger partial charge in [-0.3, -0.25) is 0 Å². The molecule has 1 aliphatic rings. The monoisotopic (exact) mass is 353 g/mol. The number of ether oxygens (including phenoxy) is 1. The molecule has 0 amide bonds. The molecule has 0 N–H and O–H groups in total. The zero-order valence-corrected chi connectivity index (χ0v) is 14.1. The highest BCUT2D eigenvalue weighted by Gasteiger charge is 2.20. The lowest BCUT2D eigenvalue weighted by molar-refractivity contribution is 0.122. The number of aromatic nitrogens is 4. The Bertz CT molecular complexity index is 988. The molecule has 5 heterocycles. The summed E-state index contributed by atoms with van der Waals surface area (Å²) in [6.07, 6.45) is 1.64. The summed E-state index contributed by atoms with van der Waals surface area (Å²) < 4.78 is 12.8. The van der Waals surface area contributed by atoms with Crippen LogP contribution < -0.4 is 4.90 Å². The van der Waals surface area contributed by atoms with Crippen LogP contribution in [-0.2, 0) is 4.74 Å². The lowest BCUT2D eigenvalue weighted by Crippen LogP contribution is -2.37. The van der Waals surface area contributed by atoms with E-state index >= 15 is 0 Å². The van der Waals surface area contributed by atoms with E-state index in [1.54, 1.807) is 22.1 Å². The number of furan rings is 1. The van der Waals surface area contributed by atoms with E-state index in [0.717, 1.165) is 29.3 Å². The minimum absolute atomic E-state index is 0.652. The Kier molecular flexibility index (Phi) is 3.50. The maximum Gasteiger partial charge on any atom is 0.229 e. The second-order valence-electron chi connectivity index (χ2n) is 5.70. The minimum atomic E-state index is 0.652. The largest absolute Gasteiger partial charge is 0.461 e. The molecule has 0 atom stereocenters. The highest BCUT2D eigenvalue weighted by molar-refractivity contribution is 7.13. The number of rotatable bonds is 3. The molecule has 4 aromatic rings. The van der Waals surface area contributed by atoms with Gasteiger partial charge in [-0.1, -0.05) is 6.07 Å². The Balaban J connectivity index is 1.69. The fourth-order valence-corrected chi connectivity index (χ4v) is 3.57. The molecule has 126 valence electrons. The minimum Gasteiger partial charge on any atom is -0.461 e. The van der Waals surface area contributed by atoms with Crippen molar-refractivity contribution >= 4 is 22.9 Å². The fraction of sp³-hybridized carbons (Fsp3) is 0.235. The molecule has 0 aliphatic carbocycles. The van der Waals surface area contributed by atoms with E-state index in [4.69, 9.17) is 24.2 Å². The van der Waals surface area contributed by atoms with Crippen LogP contribution in [0.25, 0.3) is 27.8 Å². The maximum atomic E-state index is 5.58. The number of hydrogen-bond acceptors (Lipinski definition) is 7. The predicted molar refractivity (Wildman–Crippen MR) is 94.8 cm³/mol. The third kappa shape index (κ3) is 2.59. The molecule has 7 nitrogen and oxygen atoms in total. The average Bonchev–Trinajstić information content (AvgIpc) is 3.42. The van der Waals surface area contributed by atoms with Crippen molar-refractivity contribution < 1.29 is 9.15 Å². The first kappa shape index (κ1) is 14.6. The zero-order valence-electron chi connectivity index (χ0n) is 13.3. The molecule has 1 fully saturated rings. The molecule has 0 unspecified atom stereocenters. The third-order valence-corrected chi connectivity index (χ3v) is 5.01. The van der Waals surface area contributed by atoms with Crippen molar-refractivity contribution in [2.24, 2.45) is 0 Å². The molecule has 4 aromatic heterocycles. The third-order valence-electron chi connectivity index (χ3n) is 4.12. The number of fused-ring (bicyclic) bond motifs is 1. The quantitative estimate of drug-likeness (QED) is 0.564. The molecule has 1 aliphatic heterocycles. The van der Waals surface area contributed by atoms with Gasteiger partial charge in [0.2, 0.25) is 11.8 Å². The summed E-state index contributed by atoms with van der Waals surface area (Å²) in [6, 6.07) is 9.79. The molecular weight excluding hydrogens is 338 g/mol. The first-order valence-corrected chi connectivity index (χ1v) is 8.95. The van der Waals surface area contributed by atoms with Crippen molar-refractivity contribution in [1.82, 2.24) is 19.6 Å². The lowest BCUT2D eigenvalue weighted by Gasteiger charge is -2.26. The van der Waals surface area contributed by atoms with Gasteiger partial charge in [-0.15, -0.1) is 11.3 Å². The van der Waals surface area contributed by atoms with Gasteiger partial charge in [0.05, 0.1) is 24.4 Å². The normalized spacial score (nSPS) is 15.1. The molecular formula is C17H15N5O2S. The van der Waals surface area contributed by atoms with Crippen LogP contribution in [0.2, 0.25) is 0 Å². The Morgan fingerprint density at radius 3 is 2.76 bits per heavy atom. The highest BCUT2D eigenvalue weighted by Crippen LogP contribution is 2.28. The van der Waals surface area contributed by atoms with E-state index in [9.17, 15) is 0 Å². The van der Waals surface area contributed by atoms with Gasteiger partial charge in [0.25, 0.3) is 0 Å². The number of morpholine rings is 1. The fourth-order valence-electron chi connectivity index (χ4n) is 2.89. The Labute approximate surface area is 147 Å². The van der Waals surface area contributed by atoms with E-state index in [1.807, 2.05) is 29.6 Å². The van der Waals surface area contributed by atoms with Gasteiger partial charge in [0.1, 0.15) is 5.69 Å². The predicted octanol–water partition coefficient (Wildman–Crippen LogP) is 2.95. The molecule has 5 rings (SSSR count). The van der Waals surface area contributed by atoms with E-state index < -0.39 is 0 Å². The van der Waals surface area contributed by atoms with Crippen LogP contribution in [0.15, 0.2) is 46.4 Å². The van der Waals surface area contributed by atoms with E-state index in [2.05, 4.69) is 11.0 Å². The highest BCUT2D eigenvalue weighted by atomic mass is 32.1. The average molecular weight is 353 g/mol. The van der Waals surface area contributed by atoms with Crippen molar-refractivity contribution in [3.63, 3.8) is 0 Å². The Hall–Kier alpha value is -2.71. The molecule has 8 heteroatoms. The van der Waals surface area contributed by atoms with Crippen molar-refractivity contribution in [1.29, 1.82) is 0 Å². The maximum absolute atomic E-state index is 5.58. The first-order chi connectivity index (χ1) is 12.4. The van der Waals surface area contributed by atoms with Gasteiger partial charge >= 0.3 is 0 Å². The Morgan fingerprint density at radius 1 is 1.08 bits per heavy atom. The van der Waals surface area contributed by atoms with E-state index in [-0.39, 0.29) is 0 Å². The van der Waals surface area contributed by atoms with Crippen LogP contribution in [0, 0.1) is 0 Å². The molecule has 0 saturated carbocycles. The summed E-state index contributed by atoms with van der Waals surface area (Å²) in [4.78, 5) is 12.7. The van der Waals surface area contributed by atoms with Gasteiger partial charge in [-0.2, -0.15) is 19.6 Å². The van der Waals surface area contributed by atoms with Crippen molar-refractivity contribution in [2.75, 3.05) is 31.2 Å². The van der Waals surface area contributed by atoms with Crippen LogP contribution in [0.3, 0.4) is 0 Å². The van der Waals surface area contributed by atoms with Crippen molar-refractivity contribution in [3.05, 3.63) is 42.0 Å². The van der Waals surface area contributed by atoms with Crippen LogP contribution in [0.1, 0.15) is 0 Å². The van der Waals surface area contributed by atoms with Crippen LogP contribution >= 0.6 is 11.3 Å². The number of anilines is 1. The summed E-state index contributed by atoms with van der Waals surface area (Å²) in [6.45, 7) is 2.92. The van der Waals surface area contributed by atoms with Gasteiger partial charge in [-0.25, -0.2) is 0 Å². The molecule has 1 saturated heterocycles. The van der Waals surface area contributed by atoms with Gasteiger partial charge < -0.3 is 14.1 Å². The molecule has 0 radical (unpaired) electrons. The summed E-state index contributed by atoms with van der Waals surface area (Å²) in [5.41, 5.74) is 1.64. The summed E-state index contributed by atoms with van der Waals surface area (Å²) in [7, 11) is 0. The molecule has 0 bridgehead atoms. The molecule has 0 aromatic carbocycles. The first-order valence-electron chi connectivity index (χ1n) is 8.07. The zero-order chi connectivity index (χ0) is 16.6. The number of thiophene rings is 1. The van der Waals surface area contributed by atoms with Crippen molar-refractivity contribution in [2.45, 2.75) is 0 Å². The molecule has 0 spiro atoms. The second kappa shape index (κ2) is 5.98. The van der Waals surface area contributed by atoms with Crippen LogP contribution in [0.5, 0.6) is 0 Å². The summed E-state index contributed by atoms with van der Waals surface area (Å²) >= 11 is 1.65. The number of hydrogen-bond donors (Lipinski definition) is 0. The van der Waals surface area contributed by atoms with Crippen molar-refractivity contribution in [3.8, 4) is 22.2 Å². The topological polar surface area (TPSA) is 68.7 Å². The number of nitrogens with zero attached hydrogens (tertiary/aromatic N) is 5. The summed E-state index contributed by atoms with van der Waals surface area (Å²) in [5.74, 6) is 2.00. The summed E-state index contributed by atoms with van der Waals surface area (Å²) in [5, 5.41) is 6.74.